The molecule has 1 heterocycles. The molecule has 1 saturated heterocycles. The van der Waals surface area contributed by atoms with E-state index < -0.39 is 30.2 Å². The Labute approximate surface area is 161 Å². The fourth-order valence-corrected chi connectivity index (χ4v) is 2.89. The Kier molecular flexibility index (Phi) is 5.88. The van der Waals surface area contributed by atoms with Gasteiger partial charge in [-0.25, -0.2) is 4.39 Å². The molecule has 28 heavy (non-hydrogen) atoms. The Balaban J connectivity index is 1.51. The number of methoxy groups -OCH3 is 1. The van der Waals surface area contributed by atoms with E-state index in [0.29, 0.717) is 17.1 Å². The lowest BCUT2D eigenvalue weighted by Crippen LogP contribution is -2.28. The molecule has 0 unspecified atom stereocenters. The summed E-state index contributed by atoms with van der Waals surface area (Å²) in [6.07, 6.45) is -0.0201. The maximum atomic E-state index is 13.0. The fraction of sp³-hybridized carbons (Fsp3) is 0.250. The van der Waals surface area contributed by atoms with E-state index in [0.717, 1.165) is 0 Å². The highest BCUT2D eigenvalue weighted by Gasteiger charge is 2.36. The highest BCUT2D eigenvalue weighted by Crippen LogP contribution is 2.26. The number of esters is 1. The second kappa shape index (κ2) is 8.51. The van der Waals surface area contributed by atoms with Crippen molar-refractivity contribution in [3.8, 4) is 5.75 Å². The number of ether oxygens (including phenoxy) is 2. The van der Waals surface area contributed by atoms with E-state index >= 15 is 0 Å². The highest BCUT2D eigenvalue weighted by molar-refractivity contribution is 6.00. The normalized spacial score (nSPS) is 16.0. The smallest absolute Gasteiger partial charge is 0.311 e. The van der Waals surface area contributed by atoms with E-state index in [2.05, 4.69) is 5.32 Å². The summed E-state index contributed by atoms with van der Waals surface area (Å²) in [6.45, 7) is -0.335. The lowest BCUT2D eigenvalue weighted by molar-refractivity contribution is -0.151. The summed E-state index contributed by atoms with van der Waals surface area (Å²) in [5.74, 6) is -1.88. The summed E-state index contributed by atoms with van der Waals surface area (Å²) >= 11 is 0. The van der Waals surface area contributed by atoms with Crippen molar-refractivity contribution < 1.29 is 28.2 Å². The quantitative estimate of drug-likeness (QED) is 0.771. The molecule has 2 amide bonds. The van der Waals surface area contributed by atoms with Crippen LogP contribution in [0.5, 0.6) is 5.75 Å². The Morgan fingerprint density at radius 3 is 2.68 bits per heavy atom. The van der Waals surface area contributed by atoms with Gasteiger partial charge in [0, 0.05) is 30.4 Å². The summed E-state index contributed by atoms with van der Waals surface area (Å²) < 4.78 is 23.1. The number of nitrogens with zero attached hydrogens (tertiary/aromatic N) is 1. The molecule has 1 atom stereocenters. The van der Waals surface area contributed by atoms with Gasteiger partial charge in [-0.1, -0.05) is 6.07 Å². The van der Waals surface area contributed by atoms with Crippen LogP contribution >= 0.6 is 0 Å². The van der Waals surface area contributed by atoms with Crippen molar-refractivity contribution in [2.24, 2.45) is 5.92 Å². The van der Waals surface area contributed by atoms with Crippen LogP contribution in [0.2, 0.25) is 0 Å². The van der Waals surface area contributed by atoms with Gasteiger partial charge in [0.05, 0.1) is 13.0 Å². The Morgan fingerprint density at radius 2 is 1.96 bits per heavy atom. The second-order valence-electron chi connectivity index (χ2n) is 6.27. The molecule has 3 rings (SSSR count). The first-order valence-corrected chi connectivity index (χ1v) is 8.62. The number of carbonyl (C=O) groups is 3. The van der Waals surface area contributed by atoms with Gasteiger partial charge in [0.2, 0.25) is 5.91 Å². The van der Waals surface area contributed by atoms with Crippen LogP contribution in [0.4, 0.5) is 15.8 Å². The first-order valence-electron chi connectivity index (χ1n) is 8.62. The first-order chi connectivity index (χ1) is 13.5. The molecule has 2 aromatic rings. The van der Waals surface area contributed by atoms with Crippen LogP contribution in [0.25, 0.3) is 0 Å². The molecule has 1 fully saturated rings. The summed E-state index contributed by atoms with van der Waals surface area (Å²) in [6, 6.07) is 12.2. The lowest BCUT2D eigenvalue weighted by Gasteiger charge is -2.16. The zero-order valence-corrected chi connectivity index (χ0v) is 15.2. The standard InChI is InChI=1S/C20H19FN2O5/c1-27-17-4-2-3-15(10-17)22-18(24)12-28-20(26)13-9-19(25)23(11-13)16-7-5-14(21)6-8-16/h2-8,10,13H,9,11-12H2,1H3,(H,22,24)/t13-/m1/s1. The van der Waals surface area contributed by atoms with Crippen molar-refractivity contribution in [1.82, 2.24) is 0 Å². The Bertz CT molecular complexity index is 884. The van der Waals surface area contributed by atoms with Gasteiger partial charge in [-0.2, -0.15) is 0 Å². The topological polar surface area (TPSA) is 84.9 Å². The van der Waals surface area contributed by atoms with Gasteiger partial charge < -0.3 is 19.7 Å². The molecule has 0 radical (unpaired) electrons. The first kappa shape index (κ1) is 19.3. The monoisotopic (exact) mass is 386 g/mol. The van der Waals surface area contributed by atoms with Crippen LogP contribution in [0.1, 0.15) is 6.42 Å². The second-order valence-corrected chi connectivity index (χ2v) is 6.27. The molecular weight excluding hydrogens is 367 g/mol. The van der Waals surface area contributed by atoms with Gasteiger partial charge in [0.1, 0.15) is 11.6 Å². The molecule has 1 N–H and O–H groups in total. The van der Waals surface area contributed by atoms with E-state index in [1.54, 1.807) is 24.3 Å². The number of halogens is 1. The largest absolute Gasteiger partial charge is 0.497 e. The van der Waals surface area contributed by atoms with Crippen molar-refractivity contribution in [2.45, 2.75) is 6.42 Å². The molecule has 1 aliphatic rings. The van der Waals surface area contributed by atoms with Gasteiger partial charge in [0.25, 0.3) is 5.91 Å². The average molecular weight is 386 g/mol. The third kappa shape index (κ3) is 4.64. The highest BCUT2D eigenvalue weighted by atomic mass is 19.1. The van der Waals surface area contributed by atoms with Gasteiger partial charge >= 0.3 is 5.97 Å². The predicted octanol–water partition coefficient (Wildman–Crippen LogP) is 2.37. The van der Waals surface area contributed by atoms with Crippen molar-refractivity contribution in [2.75, 3.05) is 30.5 Å². The molecule has 7 nitrogen and oxygen atoms in total. The van der Waals surface area contributed by atoms with Crippen LogP contribution in [0.15, 0.2) is 48.5 Å². The molecule has 1 aliphatic heterocycles. The molecule has 0 aliphatic carbocycles. The minimum Gasteiger partial charge on any atom is -0.497 e. The van der Waals surface area contributed by atoms with E-state index in [1.807, 2.05) is 0 Å². The summed E-state index contributed by atoms with van der Waals surface area (Å²) in [4.78, 5) is 37.7. The molecule has 0 aromatic heterocycles. The third-order valence-electron chi connectivity index (χ3n) is 4.30. The van der Waals surface area contributed by atoms with E-state index in [1.165, 1.54) is 36.3 Å². The maximum absolute atomic E-state index is 13.0. The van der Waals surface area contributed by atoms with Gasteiger partial charge in [-0.05, 0) is 36.4 Å². The van der Waals surface area contributed by atoms with Crippen LogP contribution < -0.4 is 15.0 Å². The number of nitrogens with one attached hydrogen (secondary N) is 1. The van der Waals surface area contributed by atoms with Crippen LogP contribution in [-0.2, 0) is 19.1 Å². The number of anilines is 2. The lowest BCUT2D eigenvalue weighted by atomic mass is 10.1. The summed E-state index contributed by atoms with van der Waals surface area (Å²) in [5, 5.41) is 2.60. The summed E-state index contributed by atoms with van der Waals surface area (Å²) in [5.41, 5.74) is 1.02. The number of rotatable bonds is 6. The zero-order valence-electron chi connectivity index (χ0n) is 15.2. The number of benzene rings is 2. The molecular formula is C20H19FN2O5. The van der Waals surface area contributed by atoms with Crippen molar-refractivity contribution in [1.29, 1.82) is 0 Å². The summed E-state index contributed by atoms with van der Waals surface area (Å²) in [7, 11) is 1.51. The average Bonchev–Trinajstić information content (AvgIpc) is 3.08. The zero-order chi connectivity index (χ0) is 20.1. The van der Waals surface area contributed by atoms with Gasteiger partial charge in [0.15, 0.2) is 6.61 Å². The molecule has 8 heteroatoms. The van der Waals surface area contributed by atoms with Gasteiger partial charge in [-0.15, -0.1) is 0 Å². The van der Waals surface area contributed by atoms with Crippen molar-refractivity contribution in [3.05, 3.63) is 54.3 Å². The maximum Gasteiger partial charge on any atom is 0.311 e. The molecule has 0 bridgehead atoms. The number of hydrogen-bond acceptors (Lipinski definition) is 5. The number of hydrogen-bond donors (Lipinski definition) is 1. The van der Waals surface area contributed by atoms with Crippen molar-refractivity contribution >= 4 is 29.2 Å². The molecule has 146 valence electrons. The van der Waals surface area contributed by atoms with Crippen LogP contribution in [0.3, 0.4) is 0 Å². The minimum atomic E-state index is -0.679. The Morgan fingerprint density at radius 1 is 1.21 bits per heavy atom. The van der Waals surface area contributed by atoms with E-state index in [9.17, 15) is 18.8 Å². The fourth-order valence-electron chi connectivity index (χ4n) is 2.89. The molecule has 2 aromatic carbocycles. The SMILES string of the molecule is COc1cccc(NC(=O)COC(=O)[C@@H]2CC(=O)N(c3ccc(F)cc3)C2)c1. The van der Waals surface area contributed by atoms with E-state index in [4.69, 9.17) is 9.47 Å². The molecule has 0 saturated carbocycles. The van der Waals surface area contributed by atoms with Crippen molar-refractivity contribution in [3.63, 3.8) is 0 Å². The number of amides is 2. The Hall–Kier alpha value is -3.42. The van der Waals surface area contributed by atoms with Crippen LogP contribution in [-0.4, -0.2) is 38.0 Å². The third-order valence-corrected chi connectivity index (χ3v) is 4.30. The van der Waals surface area contributed by atoms with Crippen LogP contribution in [0, 0.1) is 11.7 Å². The minimum absolute atomic E-state index is 0.0201. The van der Waals surface area contributed by atoms with E-state index in [-0.39, 0.29) is 18.9 Å². The van der Waals surface area contributed by atoms with Gasteiger partial charge in [-0.3, -0.25) is 14.4 Å². The molecule has 0 spiro atoms. The predicted molar refractivity (Wildman–Crippen MR) is 99.4 cm³/mol. The number of carbonyl (C=O) groups excluding carboxylic acids is 3.